The fourth-order valence-corrected chi connectivity index (χ4v) is 6.19. The van der Waals surface area contributed by atoms with Gasteiger partial charge in [0.15, 0.2) is 5.65 Å². The minimum Gasteiger partial charge on any atom is -0.367 e. The molecule has 1 aliphatic heterocycles. The third-order valence-corrected chi connectivity index (χ3v) is 8.11. The third-order valence-electron chi connectivity index (χ3n) is 8.11. The summed E-state index contributed by atoms with van der Waals surface area (Å²) in [5, 5.41) is 4.50. The highest BCUT2D eigenvalue weighted by atomic mass is 19.4. The highest BCUT2D eigenvalue weighted by Gasteiger charge is 2.79. The monoisotopic (exact) mass is 485 g/mol. The Bertz CT molecular complexity index is 1310. The number of ether oxygens (including phenoxy) is 1. The van der Waals surface area contributed by atoms with E-state index in [0.717, 1.165) is 18.4 Å². The molecule has 0 unspecified atom stereocenters. The van der Waals surface area contributed by atoms with Crippen molar-refractivity contribution in [2.75, 3.05) is 18.0 Å². The molecule has 0 radical (unpaired) electrons. The van der Waals surface area contributed by atoms with Crippen molar-refractivity contribution in [3.05, 3.63) is 35.5 Å². The van der Waals surface area contributed by atoms with Gasteiger partial charge in [0.25, 0.3) is 0 Å². The van der Waals surface area contributed by atoms with E-state index >= 15 is 0 Å². The Morgan fingerprint density at radius 3 is 2.54 bits per heavy atom. The zero-order valence-electron chi connectivity index (χ0n) is 19.6. The molecule has 35 heavy (non-hydrogen) atoms. The number of morpholine rings is 1. The van der Waals surface area contributed by atoms with Crippen molar-refractivity contribution in [2.24, 2.45) is 5.41 Å². The molecule has 3 aromatic heterocycles. The Kier molecular flexibility index (Phi) is 4.23. The molecule has 0 spiro atoms. The van der Waals surface area contributed by atoms with E-state index in [4.69, 9.17) is 14.7 Å². The van der Waals surface area contributed by atoms with Crippen LogP contribution in [0.15, 0.2) is 18.6 Å². The first-order valence-corrected chi connectivity index (χ1v) is 12.2. The quantitative estimate of drug-likeness (QED) is 0.548. The molecular formula is C24H26F3N7O. The fourth-order valence-electron chi connectivity index (χ4n) is 6.19. The molecule has 11 heteroatoms. The van der Waals surface area contributed by atoms with E-state index in [1.165, 1.54) is 0 Å². The molecule has 3 aromatic rings. The first kappa shape index (κ1) is 21.5. The molecule has 5 fully saturated rings. The van der Waals surface area contributed by atoms with E-state index < -0.39 is 17.0 Å². The number of fused-ring (bicyclic) bond motifs is 1. The normalized spacial score (nSPS) is 32.4. The summed E-state index contributed by atoms with van der Waals surface area (Å²) in [5.41, 5.74) is 1.11. The summed E-state index contributed by atoms with van der Waals surface area (Å²) in [6, 6.07) is 0.488. The second kappa shape index (κ2) is 6.89. The molecule has 184 valence electrons. The number of alkyl halides is 3. The van der Waals surface area contributed by atoms with Gasteiger partial charge < -0.3 is 9.64 Å². The minimum atomic E-state index is -4.18. The van der Waals surface area contributed by atoms with Gasteiger partial charge in [0.05, 0.1) is 41.7 Å². The van der Waals surface area contributed by atoms with Crippen LogP contribution >= 0.6 is 0 Å². The largest absolute Gasteiger partial charge is 0.394 e. The molecule has 0 aromatic carbocycles. The van der Waals surface area contributed by atoms with Gasteiger partial charge in [-0.2, -0.15) is 23.3 Å². The average Bonchev–Trinajstić information content (AvgIpc) is 3.46. The summed E-state index contributed by atoms with van der Waals surface area (Å²) in [6.07, 6.45) is 3.59. The Balaban J connectivity index is 1.24. The molecule has 4 aliphatic carbocycles. The molecule has 8 rings (SSSR count). The molecule has 0 amide bonds. The number of hydrogen-bond donors (Lipinski definition) is 0. The van der Waals surface area contributed by atoms with Crippen LogP contribution in [0.1, 0.15) is 68.1 Å². The van der Waals surface area contributed by atoms with Crippen molar-refractivity contribution in [1.29, 1.82) is 0 Å². The van der Waals surface area contributed by atoms with Crippen LogP contribution in [0.4, 0.5) is 19.1 Å². The van der Waals surface area contributed by atoms with Crippen molar-refractivity contribution in [3.63, 3.8) is 0 Å². The summed E-state index contributed by atoms with van der Waals surface area (Å²) in [4.78, 5) is 20.7. The van der Waals surface area contributed by atoms with Gasteiger partial charge in [0.1, 0.15) is 11.6 Å². The second-order valence-corrected chi connectivity index (χ2v) is 11.0. The lowest BCUT2D eigenvalue weighted by Crippen LogP contribution is -2.70. The van der Waals surface area contributed by atoms with Crippen LogP contribution in [-0.2, 0) is 10.2 Å². The standard InChI is InChI=1S/C24H26F3N7O/c1-13-5-28-18-19(22-10-23(11-22,12-22)24(25,26)27)31-21(32-20(18)30-13)33-7-14(2)35-17(9-33)15-6-29-34(8-15)16-3-4-16/h5-6,8,14,16-17H,3-4,7,9-12H2,1-2H3/t14-,17-,22?,23?/m1/s1. The zero-order valence-corrected chi connectivity index (χ0v) is 19.6. The Morgan fingerprint density at radius 1 is 1.06 bits per heavy atom. The van der Waals surface area contributed by atoms with Crippen molar-refractivity contribution >= 4 is 17.1 Å². The van der Waals surface area contributed by atoms with Crippen LogP contribution in [-0.4, -0.2) is 55.1 Å². The number of halogens is 3. The lowest BCUT2D eigenvalue weighted by atomic mass is 9.34. The summed E-state index contributed by atoms with van der Waals surface area (Å²) in [5.74, 6) is 0.480. The molecule has 1 saturated heterocycles. The Labute approximate surface area is 199 Å². The number of nitrogens with zero attached hydrogens (tertiary/aromatic N) is 7. The zero-order chi connectivity index (χ0) is 24.2. The van der Waals surface area contributed by atoms with Gasteiger partial charge in [0.2, 0.25) is 5.95 Å². The van der Waals surface area contributed by atoms with Crippen molar-refractivity contribution in [2.45, 2.75) is 75.8 Å². The van der Waals surface area contributed by atoms with Gasteiger partial charge in [-0.3, -0.25) is 4.68 Å². The lowest BCUT2D eigenvalue weighted by molar-refractivity contribution is -0.337. The SMILES string of the molecule is Cc1cnc2c(C34CC(C(F)(F)F)(C3)C4)nc(N3C[C@@H](C)O[C@@H](c4cnn(C5CC5)c4)C3)nc2n1. The summed E-state index contributed by atoms with van der Waals surface area (Å²) >= 11 is 0. The van der Waals surface area contributed by atoms with Gasteiger partial charge in [0, 0.05) is 29.9 Å². The summed E-state index contributed by atoms with van der Waals surface area (Å²) in [7, 11) is 0. The molecule has 4 heterocycles. The van der Waals surface area contributed by atoms with E-state index in [1.54, 1.807) is 6.20 Å². The summed E-state index contributed by atoms with van der Waals surface area (Å²) < 4.78 is 48.9. The highest BCUT2D eigenvalue weighted by molar-refractivity contribution is 5.76. The maximum Gasteiger partial charge on any atom is 0.394 e. The topological polar surface area (TPSA) is 81.9 Å². The molecular weight excluding hydrogens is 459 g/mol. The second-order valence-electron chi connectivity index (χ2n) is 11.0. The number of aromatic nitrogens is 6. The third kappa shape index (κ3) is 3.19. The number of aryl methyl sites for hydroxylation is 1. The van der Waals surface area contributed by atoms with Gasteiger partial charge >= 0.3 is 6.18 Å². The summed E-state index contributed by atoms with van der Waals surface area (Å²) in [6.45, 7) is 4.95. The minimum absolute atomic E-state index is 0.0626. The first-order chi connectivity index (χ1) is 16.6. The molecule has 4 saturated carbocycles. The van der Waals surface area contributed by atoms with Crippen LogP contribution in [0.3, 0.4) is 0 Å². The number of anilines is 1. The van der Waals surface area contributed by atoms with Gasteiger partial charge in [-0.25, -0.2) is 15.0 Å². The van der Waals surface area contributed by atoms with E-state index in [9.17, 15) is 13.2 Å². The van der Waals surface area contributed by atoms with Crippen LogP contribution < -0.4 is 4.90 Å². The van der Waals surface area contributed by atoms with E-state index in [2.05, 4.69) is 26.2 Å². The van der Waals surface area contributed by atoms with Crippen LogP contribution in [0.2, 0.25) is 0 Å². The molecule has 2 bridgehead atoms. The fraction of sp³-hybridized carbons (Fsp3) is 0.625. The maximum atomic E-state index is 13.6. The van der Waals surface area contributed by atoms with Crippen LogP contribution in [0.25, 0.3) is 11.2 Å². The van der Waals surface area contributed by atoms with E-state index in [0.29, 0.717) is 47.6 Å². The van der Waals surface area contributed by atoms with Crippen LogP contribution in [0, 0.1) is 12.3 Å². The predicted molar refractivity (Wildman–Crippen MR) is 120 cm³/mol. The molecule has 0 N–H and O–H groups in total. The van der Waals surface area contributed by atoms with Gasteiger partial charge in [-0.05, 0) is 46.0 Å². The van der Waals surface area contributed by atoms with Crippen molar-refractivity contribution in [1.82, 2.24) is 29.7 Å². The smallest absolute Gasteiger partial charge is 0.367 e. The van der Waals surface area contributed by atoms with Crippen LogP contribution in [0.5, 0.6) is 0 Å². The lowest BCUT2D eigenvalue weighted by Gasteiger charge is -2.70. The van der Waals surface area contributed by atoms with E-state index in [-0.39, 0.29) is 31.5 Å². The Hall–Kier alpha value is -2.82. The number of rotatable bonds is 4. The number of hydrogen-bond acceptors (Lipinski definition) is 7. The van der Waals surface area contributed by atoms with Gasteiger partial charge in [-0.15, -0.1) is 0 Å². The first-order valence-electron chi connectivity index (χ1n) is 12.2. The molecule has 5 aliphatic rings. The highest BCUT2D eigenvalue weighted by Crippen LogP contribution is 2.78. The van der Waals surface area contributed by atoms with Crippen molar-refractivity contribution < 1.29 is 17.9 Å². The molecule has 8 nitrogen and oxygen atoms in total. The average molecular weight is 486 g/mol. The predicted octanol–water partition coefficient (Wildman–Crippen LogP) is 4.21. The maximum absolute atomic E-state index is 13.6. The molecule has 2 atom stereocenters. The Morgan fingerprint density at radius 2 is 1.83 bits per heavy atom. The van der Waals surface area contributed by atoms with Crippen molar-refractivity contribution in [3.8, 4) is 0 Å². The van der Waals surface area contributed by atoms with E-state index in [1.807, 2.05) is 24.7 Å². The van der Waals surface area contributed by atoms with Gasteiger partial charge in [-0.1, -0.05) is 0 Å².